The zero-order chi connectivity index (χ0) is 26.9. The van der Waals surface area contributed by atoms with E-state index in [0.29, 0.717) is 0 Å². The van der Waals surface area contributed by atoms with E-state index in [0.717, 1.165) is 81.7 Å². The molecule has 6 heteroatoms. The number of carbonyl (C=O) groups excluding carboxylic acids is 1. The summed E-state index contributed by atoms with van der Waals surface area (Å²) in [6.45, 7) is 4.70. The molecule has 5 rings (SSSR count). The molecule has 0 spiro atoms. The van der Waals surface area contributed by atoms with Crippen LogP contribution in [0.3, 0.4) is 0 Å². The summed E-state index contributed by atoms with van der Waals surface area (Å²) >= 11 is 1.95. The lowest BCUT2D eigenvalue weighted by molar-refractivity contribution is -0.123. The van der Waals surface area contributed by atoms with E-state index >= 15 is 0 Å². The molecule has 1 aliphatic rings. The minimum absolute atomic E-state index is 0.148. The van der Waals surface area contributed by atoms with Crippen molar-refractivity contribution in [3.8, 4) is 0 Å². The Labute approximate surface area is 236 Å². The van der Waals surface area contributed by atoms with Gasteiger partial charge in [-0.3, -0.25) is 4.79 Å². The van der Waals surface area contributed by atoms with Crippen molar-refractivity contribution in [2.24, 2.45) is 11.7 Å². The van der Waals surface area contributed by atoms with Crippen LogP contribution in [0.5, 0.6) is 0 Å². The highest BCUT2D eigenvalue weighted by Gasteiger charge is 2.49. The summed E-state index contributed by atoms with van der Waals surface area (Å²) in [5.74, 6) is 0.877. The van der Waals surface area contributed by atoms with E-state index < -0.39 is 5.41 Å². The molecule has 1 atom stereocenters. The first kappa shape index (κ1) is 27.4. The monoisotopic (exact) mass is 541 g/mol. The van der Waals surface area contributed by atoms with Crippen molar-refractivity contribution >= 4 is 17.2 Å². The number of hydrogen-bond donors (Lipinski definition) is 2. The number of nitrogens with zero attached hydrogens (tertiary/aromatic N) is 1. The lowest BCUT2D eigenvalue weighted by atomic mass is 9.64. The second-order valence-electron chi connectivity index (χ2n) is 10.5. The van der Waals surface area contributed by atoms with E-state index in [9.17, 15) is 4.79 Å². The molecule has 1 unspecified atom stereocenters. The molecule has 4 aromatic rings. The van der Waals surface area contributed by atoms with Gasteiger partial charge in [0.1, 0.15) is 11.2 Å². The van der Waals surface area contributed by atoms with Gasteiger partial charge in [-0.1, -0.05) is 60.7 Å². The number of rotatable bonds is 14. The van der Waals surface area contributed by atoms with E-state index in [-0.39, 0.29) is 11.8 Å². The fourth-order valence-electron chi connectivity index (χ4n) is 6.10. The van der Waals surface area contributed by atoms with Crippen LogP contribution in [0.1, 0.15) is 45.9 Å². The average Bonchev–Trinajstić information content (AvgIpc) is 3.74. The topological polar surface area (TPSA) is 71.5 Å². The van der Waals surface area contributed by atoms with Crippen LogP contribution in [0.25, 0.3) is 0 Å². The Balaban J connectivity index is 1.13. The van der Waals surface area contributed by atoms with Crippen molar-refractivity contribution in [2.75, 3.05) is 26.2 Å². The minimum Gasteiger partial charge on any atom is -0.468 e. The van der Waals surface area contributed by atoms with E-state index in [4.69, 9.17) is 10.2 Å². The van der Waals surface area contributed by atoms with Gasteiger partial charge in [0.15, 0.2) is 0 Å². The van der Waals surface area contributed by atoms with Crippen LogP contribution in [0.2, 0.25) is 0 Å². The Kier molecular flexibility index (Phi) is 9.30. The number of furan rings is 1. The maximum absolute atomic E-state index is 13.3. The summed E-state index contributed by atoms with van der Waals surface area (Å²) < 4.78 is 5.36. The SMILES string of the molecule is NC(=O)C(c1ccccc1)(c1ccccc1)C1CCN(CCCc2ccc(CCCNCc3ccco3)s2)C1. The predicted octanol–water partition coefficient (Wildman–Crippen LogP) is 5.79. The Morgan fingerprint density at radius 1 is 0.923 bits per heavy atom. The van der Waals surface area contributed by atoms with Crippen LogP contribution in [0.4, 0.5) is 0 Å². The smallest absolute Gasteiger partial charge is 0.232 e. The zero-order valence-electron chi connectivity index (χ0n) is 22.6. The highest BCUT2D eigenvalue weighted by atomic mass is 32.1. The summed E-state index contributed by atoms with van der Waals surface area (Å²) in [7, 11) is 0. The van der Waals surface area contributed by atoms with Gasteiger partial charge in [-0.25, -0.2) is 0 Å². The first-order valence-electron chi connectivity index (χ1n) is 14.1. The number of nitrogens with two attached hydrogens (primary N) is 1. The third kappa shape index (κ3) is 6.52. The summed E-state index contributed by atoms with van der Waals surface area (Å²) in [5.41, 5.74) is 7.43. The van der Waals surface area contributed by atoms with Crippen LogP contribution < -0.4 is 11.1 Å². The fourth-order valence-corrected chi connectivity index (χ4v) is 7.20. The maximum atomic E-state index is 13.3. The largest absolute Gasteiger partial charge is 0.468 e. The van der Waals surface area contributed by atoms with Gasteiger partial charge in [0.25, 0.3) is 0 Å². The Morgan fingerprint density at radius 2 is 1.59 bits per heavy atom. The lowest BCUT2D eigenvalue weighted by Crippen LogP contribution is -2.49. The number of nitrogens with one attached hydrogen (secondary N) is 1. The summed E-state index contributed by atoms with van der Waals surface area (Å²) in [6, 6.07) is 28.8. The van der Waals surface area contributed by atoms with Crippen molar-refractivity contribution in [1.29, 1.82) is 0 Å². The van der Waals surface area contributed by atoms with E-state index in [1.54, 1.807) is 6.26 Å². The molecule has 0 aliphatic carbocycles. The van der Waals surface area contributed by atoms with Gasteiger partial charge in [0, 0.05) is 16.3 Å². The van der Waals surface area contributed by atoms with Crippen LogP contribution in [0.15, 0.2) is 95.6 Å². The van der Waals surface area contributed by atoms with Crippen molar-refractivity contribution in [3.05, 3.63) is 118 Å². The maximum Gasteiger partial charge on any atom is 0.232 e. The van der Waals surface area contributed by atoms with E-state index in [2.05, 4.69) is 46.6 Å². The molecule has 2 aromatic carbocycles. The third-order valence-electron chi connectivity index (χ3n) is 8.00. The molecule has 3 N–H and O–H groups in total. The molecule has 1 aliphatic heterocycles. The fraction of sp³-hybridized carbons (Fsp3) is 0.364. The molecular formula is C33H39N3O2S. The number of carbonyl (C=O) groups is 1. The number of thiophene rings is 1. The van der Waals surface area contributed by atoms with Crippen LogP contribution in [-0.2, 0) is 29.6 Å². The second-order valence-corrected chi connectivity index (χ2v) is 11.8. The molecule has 5 nitrogen and oxygen atoms in total. The number of aryl methyl sites for hydroxylation is 2. The molecule has 1 saturated heterocycles. The molecule has 3 heterocycles. The van der Waals surface area contributed by atoms with Gasteiger partial charge in [0.2, 0.25) is 5.91 Å². The number of primary amides is 1. The normalized spacial score (nSPS) is 16.1. The highest BCUT2D eigenvalue weighted by Crippen LogP contribution is 2.43. The van der Waals surface area contributed by atoms with Crippen molar-refractivity contribution in [3.63, 3.8) is 0 Å². The first-order chi connectivity index (χ1) is 19.2. The highest BCUT2D eigenvalue weighted by molar-refractivity contribution is 7.11. The molecule has 0 bridgehead atoms. The van der Waals surface area contributed by atoms with Gasteiger partial charge in [-0.05, 0) is 93.0 Å². The van der Waals surface area contributed by atoms with Crippen LogP contribution in [0, 0.1) is 5.92 Å². The zero-order valence-corrected chi connectivity index (χ0v) is 23.4. The third-order valence-corrected chi connectivity index (χ3v) is 9.21. The summed E-state index contributed by atoms with van der Waals surface area (Å²) in [6.07, 6.45) is 7.14. The van der Waals surface area contributed by atoms with Crippen LogP contribution >= 0.6 is 11.3 Å². The van der Waals surface area contributed by atoms with Crippen molar-refractivity contribution in [2.45, 2.75) is 44.1 Å². The van der Waals surface area contributed by atoms with Crippen molar-refractivity contribution < 1.29 is 9.21 Å². The standard InChI is InChI=1S/C33H39N3O2S/c34-32(37)33(26-10-3-1-4-11-26,27-12-5-2-6-13-27)28-19-22-36(25-28)21-8-16-31-18-17-30(39-31)15-7-20-35-24-29-14-9-23-38-29/h1-6,9-14,17-18,23,28,35H,7-8,15-16,19-22,24-25H2,(H2,34,37). The Morgan fingerprint density at radius 3 is 2.21 bits per heavy atom. The first-order valence-corrected chi connectivity index (χ1v) is 14.9. The number of amides is 1. The molecular weight excluding hydrogens is 502 g/mol. The molecule has 0 radical (unpaired) electrons. The second kappa shape index (κ2) is 13.2. The average molecular weight is 542 g/mol. The van der Waals surface area contributed by atoms with Crippen LogP contribution in [-0.4, -0.2) is 37.0 Å². The quantitative estimate of drug-likeness (QED) is 0.198. The Hall–Kier alpha value is -3.19. The number of hydrogen-bond acceptors (Lipinski definition) is 5. The number of likely N-dealkylation sites (tertiary alicyclic amines) is 1. The summed E-state index contributed by atoms with van der Waals surface area (Å²) in [4.78, 5) is 18.7. The molecule has 1 amide bonds. The Bertz CT molecular complexity index is 1250. The van der Waals surface area contributed by atoms with Crippen molar-refractivity contribution in [1.82, 2.24) is 10.2 Å². The predicted molar refractivity (Wildman–Crippen MR) is 159 cm³/mol. The molecule has 204 valence electrons. The molecule has 39 heavy (non-hydrogen) atoms. The summed E-state index contributed by atoms with van der Waals surface area (Å²) in [5, 5.41) is 3.45. The van der Waals surface area contributed by atoms with Gasteiger partial charge in [-0.2, -0.15) is 0 Å². The number of benzene rings is 2. The minimum atomic E-state index is -0.813. The van der Waals surface area contributed by atoms with Gasteiger partial charge in [-0.15, -0.1) is 11.3 Å². The molecule has 1 fully saturated rings. The van der Waals surface area contributed by atoms with Gasteiger partial charge < -0.3 is 20.4 Å². The van der Waals surface area contributed by atoms with E-state index in [1.807, 2.05) is 59.9 Å². The van der Waals surface area contributed by atoms with E-state index in [1.165, 1.54) is 9.75 Å². The molecule has 2 aromatic heterocycles. The molecule has 0 saturated carbocycles. The van der Waals surface area contributed by atoms with Gasteiger partial charge >= 0.3 is 0 Å². The lowest BCUT2D eigenvalue weighted by Gasteiger charge is -2.37. The van der Waals surface area contributed by atoms with Gasteiger partial charge in [0.05, 0.1) is 12.8 Å².